The number of amides is 1. The number of carbonyl (C=O) groups is 1. The number of sulfonamides is 1. The molecule has 3 N–H and O–H groups in total. The van der Waals surface area contributed by atoms with Crippen molar-refractivity contribution in [3.05, 3.63) is 46.6 Å². The molecular formula is C30H32F6N4O5S2. The van der Waals surface area contributed by atoms with Crippen LogP contribution in [0.1, 0.15) is 23.8 Å². The van der Waals surface area contributed by atoms with Gasteiger partial charge in [0.05, 0.1) is 53.1 Å². The van der Waals surface area contributed by atoms with E-state index in [9.17, 15) is 39.6 Å². The Bertz CT molecular complexity index is 1790. The predicted octanol–water partition coefficient (Wildman–Crippen LogP) is 5.21. The molecule has 0 radical (unpaired) electrons. The van der Waals surface area contributed by atoms with Crippen molar-refractivity contribution in [2.24, 2.45) is 0 Å². The van der Waals surface area contributed by atoms with Gasteiger partial charge in [-0.05, 0) is 30.5 Å². The van der Waals surface area contributed by atoms with Gasteiger partial charge in [-0.1, -0.05) is 24.0 Å². The zero-order valence-corrected chi connectivity index (χ0v) is 27.1. The van der Waals surface area contributed by atoms with E-state index in [2.05, 4.69) is 22.5 Å². The lowest BCUT2D eigenvalue weighted by Crippen LogP contribution is -2.53. The molecule has 256 valence electrons. The first-order valence-electron chi connectivity index (χ1n) is 14.2. The molecule has 1 fully saturated rings. The van der Waals surface area contributed by atoms with E-state index in [0.717, 1.165) is 30.4 Å². The maximum Gasteiger partial charge on any atom is 0.393 e. The summed E-state index contributed by atoms with van der Waals surface area (Å²) in [6, 6.07) is 5.01. The molecule has 0 aliphatic carbocycles. The van der Waals surface area contributed by atoms with Gasteiger partial charge in [0.25, 0.3) is 15.9 Å². The van der Waals surface area contributed by atoms with Crippen molar-refractivity contribution in [2.75, 3.05) is 57.6 Å². The standard InChI is InChI=1S/C30H32F6N4O5S2/c1-18(41)39-47(42,43)26-15-24(45-13-12-44-3)23(14-21(26)31)37-10-5-8-25-20(16-30(34,35)36)19-6-4-7-22(28(19)46-25)38-27-9-11-40(2)17-29(27,32)33/h4,6-7,14-15,27,37-38H,9-13,16-17H2,1-3H3,(H,39,41). The molecule has 9 nitrogen and oxygen atoms in total. The maximum atomic E-state index is 14.9. The Morgan fingerprint density at radius 3 is 2.60 bits per heavy atom. The molecule has 1 aromatic heterocycles. The van der Waals surface area contributed by atoms with Crippen LogP contribution in [-0.2, 0) is 26.0 Å². The quantitative estimate of drug-likeness (QED) is 0.142. The number of carbonyl (C=O) groups excluding carboxylic acids is 1. The van der Waals surface area contributed by atoms with Crippen molar-refractivity contribution in [1.82, 2.24) is 9.62 Å². The van der Waals surface area contributed by atoms with Gasteiger partial charge in [0.1, 0.15) is 23.1 Å². The number of alkyl halides is 5. The first kappa shape index (κ1) is 36.1. The minimum absolute atomic E-state index is 0.0212. The van der Waals surface area contributed by atoms with E-state index >= 15 is 0 Å². The average molecular weight is 707 g/mol. The molecule has 1 aliphatic rings. The van der Waals surface area contributed by atoms with Crippen LogP contribution in [0.15, 0.2) is 35.2 Å². The van der Waals surface area contributed by atoms with Gasteiger partial charge in [-0.15, -0.1) is 11.3 Å². The molecule has 1 aliphatic heterocycles. The molecule has 2 heterocycles. The van der Waals surface area contributed by atoms with Crippen LogP contribution < -0.4 is 20.1 Å². The summed E-state index contributed by atoms with van der Waals surface area (Å²) in [5, 5.41) is 5.86. The van der Waals surface area contributed by atoms with Gasteiger partial charge in [-0.3, -0.25) is 4.79 Å². The van der Waals surface area contributed by atoms with Crippen LogP contribution in [0.5, 0.6) is 5.75 Å². The second kappa shape index (κ2) is 14.6. The number of nitrogens with zero attached hydrogens (tertiary/aromatic N) is 1. The molecular weight excluding hydrogens is 674 g/mol. The van der Waals surface area contributed by atoms with Crippen LogP contribution >= 0.6 is 11.3 Å². The van der Waals surface area contributed by atoms with Gasteiger partial charge in [-0.25, -0.2) is 26.3 Å². The number of rotatable bonds is 11. The highest BCUT2D eigenvalue weighted by atomic mass is 32.2. The molecule has 47 heavy (non-hydrogen) atoms. The SMILES string of the molecule is COCCOc1cc(S(=O)(=O)NC(C)=O)c(F)cc1NCC#Cc1sc2c(NC3CCN(C)CC3(F)F)cccc2c1CC(F)(F)F. The Labute approximate surface area is 271 Å². The molecule has 0 bridgehead atoms. The summed E-state index contributed by atoms with van der Waals surface area (Å²) in [6.07, 6.45) is -5.75. The molecule has 0 saturated carbocycles. The van der Waals surface area contributed by atoms with Crippen molar-refractivity contribution in [2.45, 2.75) is 42.8 Å². The summed E-state index contributed by atoms with van der Waals surface area (Å²) < 4.78 is 123. The molecule has 3 aromatic rings. The normalized spacial score (nSPS) is 16.7. The van der Waals surface area contributed by atoms with Gasteiger partial charge in [-0.2, -0.15) is 13.2 Å². The number of fused-ring (bicyclic) bond motifs is 1. The van der Waals surface area contributed by atoms with Gasteiger partial charge >= 0.3 is 6.18 Å². The summed E-state index contributed by atoms with van der Waals surface area (Å²) in [7, 11) is -1.56. The number of benzene rings is 2. The lowest BCUT2D eigenvalue weighted by atomic mass is 10.0. The highest BCUT2D eigenvalue weighted by Crippen LogP contribution is 2.40. The van der Waals surface area contributed by atoms with Gasteiger partial charge < -0.3 is 25.0 Å². The molecule has 1 saturated heterocycles. The van der Waals surface area contributed by atoms with Gasteiger partial charge in [0.15, 0.2) is 0 Å². The number of halogens is 6. The number of thiophene rings is 1. The second-order valence-corrected chi connectivity index (χ2v) is 13.5. The Kier molecular flexibility index (Phi) is 11.2. The molecule has 2 aromatic carbocycles. The van der Waals surface area contributed by atoms with Crippen molar-refractivity contribution in [3.63, 3.8) is 0 Å². The van der Waals surface area contributed by atoms with E-state index in [-0.39, 0.29) is 59.1 Å². The zero-order valence-electron chi connectivity index (χ0n) is 25.5. The van der Waals surface area contributed by atoms with Gasteiger partial charge in [0.2, 0.25) is 5.91 Å². The Morgan fingerprint density at radius 2 is 1.94 bits per heavy atom. The maximum absolute atomic E-state index is 14.9. The average Bonchev–Trinajstić information content (AvgIpc) is 3.29. The molecule has 0 spiro atoms. The monoisotopic (exact) mass is 706 g/mol. The fourth-order valence-electron chi connectivity index (χ4n) is 4.98. The Morgan fingerprint density at radius 1 is 1.19 bits per heavy atom. The van der Waals surface area contributed by atoms with Crippen LogP contribution in [0.2, 0.25) is 0 Å². The number of likely N-dealkylation sites (tertiary alicyclic amines) is 1. The number of hydrogen-bond acceptors (Lipinski definition) is 9. The van der Waals surface area contributed by atoms with Crippen molar-refractivity contribution in [1.29, 1.82) is 0 Å². The molecule has 1 atom stereocenters. The molecule has 17 heteroatoms. The summed E-state index contributed by atoms with van der Waals surface area (Å²) >= 11 is 0.936. The van der Waals surface area contributed by atoms with E-state index in [1.54, 1.807) is 17.8 Å². The molecule has 4 rings (SSSR count). The predicted molar refractivity (Wildman–Crippen MR) is 166 cm³/mol. The van der Waals surface area contributed by atoms with Crippen LogP contribution in [0.3, 0.4) is 0 Å². The smallest absolute Gasteiger partial charge is 0.393 e. The fourth-order valence-corrected chi connectivity index (χ4v) is 7.21. The minimum Gasteiger partial charge on any atom is -0.489 e. The lowest BCUT2D eigenvalue weighted by Gasteiger charge is -2.37. The number of methoxy groups -OCH3 is 1. The third-order valence-electron chi connectivity index (χ3n) is 7.03. The van der Waals surface area contributed by atoms with Gasteiger partial charge in [0, 0.05) is 32.7 Å². The second-order valence-electron chi connectivity index (χ2n) is 10.8. The van der Waals surface area contributed by atoms with Crippen LogP contribution in [0.4, 0.5) is 37.7 Å². The Hall–Kier alpha value is -3.72. The fraction of sp³-hybridized carbons (Fsp3) is 0.433. The summed E-state index contributed by atoms with van der Waals surface area (Å²) in [6.45, 7) is 0.737. The zero-order chi connectivity index (χ0) is 34.6. The third-order valence-corrected chi connectivity index (χ3v) is 9.68. The Balaban J connectivity index is 1.64. The first-order chi connectivity index (χ1) is 22.0. The molecule has 1 unspecified atom stereocenters. The van der Waals surface area contributed by atoms with Crippen molar-refractivity contribution >= 4 is 48.7 Å². The van der Waals surface area contributed by atoms with E-state index in [4.69, 9.17) is 9.47 Å². The summed E-state index contributed by atoms with van der Waals surface area (Å²) in [5.41, 5.74) is 0.150. The third kappa shape index (κ3) is 9.21. The van der Waals surface area contributed by atoms with E-state index in [1.807, 2.05) is 0 Å². The number of nitrogens with one attached hydrogen (secondary N) is 3. The van der Waals surface area contributed by atoms with E-state index in [1.165, 1.54) is 24.1 Å². The van der Waals surface area contributed by atoms with Crippen LogP contribution in [-0.4, -0.2) is 84.4 Å². The highest BCUT2D eigenvalue weighted by Gasteiger charge is 2.44. The summed E-state index contributed by atoms with van der Waals surface area (Å²) in [4.78, 5) is 12.1. The number of anilines is 2. The number of hydrogen-bond donors (Lipinski definition) is 3. The largest absolute Gasteiger partial charge is 0.489 e. The van der Waals surface area contributed by atoms with Crippen LogP contribution in [0, 0.1) is 17.7 Å². The van der Waals surface area contributed by atoms with Crippen molar-refractivity contribution in [3.8, 4) is 17.6 Å². The van der Waals surface area contributed by atoms with Crippen molar-refractivity contribution < 1.29 is 49.0 Å². The topological polar surface area (TPSA) is 109 Å². The molecule has 1 amide bonds. The first-order valence-corrected chi connectivity index (χ1v) is 16.5. The number of piperidine rings is 1. The summed E-state index contributed by atoms with van der Waals surface area (Å²) in [5.74, 6) is 0.0983. The number of ether oxygens (including phenoxy) is 2. The lowest BCUT2D eigenvalue weighted by molar-refractivity contribution is -0.127. The van der Waals surface area contributed by atoms with E-state index < -0.39 is 57.7 Å². The van der Waals surface area contributed by atoms with E-state index in [0.29, 0.717) is 11.2 Å². The highest BCUT2D eigenvalue weighted by molar-refractivity contribution is 7.90. The van der Waals surface area contributed by atoms with Crippen LogP contribution in [0.25, 0.3) is 10.1 Å². The minimum atomic E-state index is -4.58.